The predicted molar refractivity (Wildman–Crippen MR) is 98.6 cm³/mol. The van der Waals surface area contributed by atoms with Crippen LogP contribution < -0.4 is 0 Å². The van der Waals surface area contributed by atoms with Gasteiger partial charge in [0.25, 0.3) is 0 Å². The molecule has 0 fully saturated rings. The smallest absolute Gasteiger partial charge is 0.159 e. The number of hydrogen-bond donors (Lipinski definition) is 0. The number of fused-ring (bicyclic) bond motifs is 3. The molecule has 0 unspecified atom stereocenters. The van der Waals surface area contributed by atoms with Crippen molar-refractivity contribution in [3.63, 3.8) is 0 Å². The Hall–Kier alpha value is -1.95. The van der Waals surface area contributed by atoms with Crippen molar-refractivity contribution < 1.29 is 0 Å². The summed E-state index contributed by atoms with van der Waals surface area (Å²) in [5.41, 5.74) is 2.28. The van der Waals surface area contributed by atoms with Crippen molar-refractivity contribution in [2.24, 2.45) is 4.99 Å². The van der Waals surface area contributed by atoms with Crippen molar-refractivity contribution in [2.45, 2.75) is 32.7 Å². The first kappa shape index (κ1) is 15.6. The van der Waals surface area contributed by atoms with E-state index < -0.39 is 0 Å². The number of benzene rings is 1. The highest BCUT2D eigenvalue weighted by Crippen LogP contribution is 2.28. The van der Waals surface area contributed by atoms with Crippen molar-refractivity contribution in [1.82, 2.24) is 19.7 Å². The van der Waals surface area contributed by atoms with E-state index in [2.05, 4.69) is 72.9 Å². The normalized spacial score (nSPS) is 16.4. The molecule has 0 atom stereocenters. The van der Waals surface area contributed by atoms with Crippen LogP contribution in [-0.2, 0) is 13.0 Å². The Morgan fingerprint density at radius 3 is 2.92 bits per heavy atom. The summed E-state index contributed by atoms with van der Waals surface area (Å²) in [5, 5.41) is 8.79. The van der Waals surface area contributed by atoms with Gasteiger partial charge in [-0.3, -0.25) is 9.56 Å². The number of nitrogens with zero attached hydrogens (tertiary/aromatic N) is 5. The summed E-state index contributed by atoms with van der Waals surface area (Å²) in [6, 6.07) is 6.39. The minimum absolute atomic E-state index is 0.568. The van der Waals surface area contributed by atoms with Crippen LogP contribution in [0, 0.1) is 0 Å². The van der Waals surface area contributed by atoms with Gasteiger partial charge in [-0.1, -0.05) is 35.0 Å². The number of hydrogen-bond acceptors (Lipinski definition) is 4. The van der Waals surface area contributed by atoms with Crippen molar-refractivity contribution in [2.75, 3.05) is 13.1 Å². The molecular weight excluding hydrogens is 366 g/mol. The zero-order valence-electron chi connectivity index (χ0n) is 13.7. The fourth-order valence-electron chi connectivity index (χ4n) is 3.34. The Morgan fingerprint density at radius 1 is 1.21 bits per heavy atom. The van der Waals surface area contributed by atoms with E-state index in [1.807, 2.05) is 0 Å². The Labute approximate surface area is 150 Å². The summed E-state index contributed by atoms with van der Waals surface area (Å²) in [6.45, 7) is 4.65. The lowest BCUT2D eigenvalue weighted by atomic mass is 10.1. The molecule has 124 valence electrons. The molecule has 0 radical (unpaired) electrons. The second kappa shape index (κ2) is 6.51. The first-order valence-electron chi connectivity index (χ1n) is 8.45. The lowest BCUT2D eigenvalue weighted by Crippen LogP contribution is -2.35. The molecule has 0 saturated heterocycles. The van der Waals surface area contributed by atoms with Crippen molar-refractivity contribution in [3.8, 4) is 5.69 Å². The maximum atomic E-state index is 4.91. The second-order valence-corrected chi connectivity index (χ2v) is 7.04. The van der Waals surface area contributed by atoms with Crippen LogP contribution >= 0.6 is 15.9 Å². The maximum absolute atomic E-state index is 4.91. The maximum Gasteiger partial charge on any atom is 0.159 e. The number of aromatic nitrogens is 3. The van der Waals surface area contributed by atoms with E-state index in [1.54, 1.807) is 0 Å². The molecule has 1 aromatic heterocycles. The topological polar surface area (TPSA) is 46.3 Å². The van der Waals surface area contributed by atoms with E-state index in [-0.39, 0.29) is 0 Å². The third-order valence-electron chi connectivity index (χ3n) is 4.44. The van der Waals surface area contributed by atoms with Crippen molar-refractivity contribution in [1.29, 1.82) is 0 Å². The SMILES string of the molecule is CCCc1nnc2n1-c1ccc(Br)cc1C(N1CC=CCC1)=NC2. The highest BCUT2D eigenvalue weighted by molar-refractivity contribution is 9.10. The van der Waals surface area contributed by atoms with E-state index in [0.29, 0.717) is 6.54 Å². The molecule has 0 bridgehead atoms. The van der Waals surface area contributed by atoms with Crippen molar-refractivity contribution in [3.05, 3.63) is 52.0 Å². The zero-order chi connectivity index (χ0) is 16.5. The fourth-order valence-corrected chi connectivity index (χ4v) is 3.70. The van der Waals surface area contributed by atoms with Gasteiger partial charge in [-0.15, -0.1) is 10.2 Å². The second-order valence-electron chi connectivity index (χ2n) is 6.13. The lowest BCUT2D eigenvalue weighted by Gasteiger charge is -2.27. The standard InChI is InChI=1S/C18H20BrN5/c1-2-6-16-21-22-17-12-20-18(23-9-4-3-5-10-23)14-11-13(19)7-8-15(14)24(16)17/h3-4,7-8,11H,2,5-6,9-10,12H2,1H3. The third kappa shape index (κ3) is 2.69. The Bertz CT molecular complexity index is 821. The highest BCUT2D eigenvalue weighted by Gasteiger charge is 2.25. The van der Waals surface area contributed by atoms with E-state index in [9.17, 15) is 0 Å². The molecular formula is C18H20BrN5. The van der Waals surface area contributed by atoms with Gasteiger partial charge in [-0.05, 0) is 31.0 Å². The summed E-state index contributed by atoms with van der Waals surface area (Å²) in [7, 11) is 0. The van der Waals surface area contributed by atoms with Gasteiger partial charge in [0.2, 0.25) is 0 Å². The van der Waals surface area contributed by atoms with Crippen LogP contribution in [0.5, 0.6) is 0 Å². The monoisotopic (exact) mass is 385 g/mol. The average Bonchev–Trinajstić information content (AvgIpc) is 2.92. The van der Waals surface area contributed by atoms with Gasteiger partial charge >= 0.3 is 0 Å². The molecule has 2 aromatic rings. The largest absolute Gasteiger partial charge is 0.352 e. The molecule has 0 spiro atoms. The summed E-state index contributed by atoms with van der Waals surface area (Å²) < 4.78 is 3.26. The Balaban J connectivity index is 1.87. The molecule has 6 heteroatoms. The van der Waals surface area contributed by atoms with E-state index in [4.69, 9.17) is 4.99 Å². The summed E-state index contributed by atoms with van der Waals surface area (Å²) in [5.74, 6) is 3.00. The van der Waals surface area contributed by atoms with Gasteiger partial charge in [0.1, 0.15) is 18.2 Å². The Kier molecular flexibility index (Phi) is 4.22. The van der Waals surface area contributed by atoms with Gasteiger partial charge in [-0.2, -0.15) is 0 Å². The first-order valence-corrected chi connectivity index (χ1v) is 9.25. The number of aryl methyl sites for hydroxylation is 1. The third-order valence-corrected chi connectivity index (χ3v) is 4.93. The molecule has 0 aliphatic carbocycles. The summed E-state index contributed by atoms with van der Waals surface area (Å²) >= 11 is 3.62. The zero-order valence-corrected chi connectivity index (χ0v) is 15.3. The van der Waals surface area contributed by atoms with Crippen LogP contribution in [0.25, 0.3) is 5.69 Å². The minimum atomic E-state index is 0.568. The van der Waals surface area contributed by atoms with Gasteiger partial charge in [0, 0.05) is 29.5 Å². The number of halogens is 1. The van der Waals surface area contributed by atoms with Crippen LogP contribution in [-0.4, -0.2) is 38.6 Å². The predicted octanol–water partition coefficient (Wildman–Crippen LogP) is 3.50. The van der Waals surface area contributed by atoms with Gasteiger partial charge in [0.15, 0.2) is 5.82 Å². The summed E-state index contributed by atoms with van der Waals surface area (Å²) in [4.78, 5) is 7.26. The number of aliphatic imine (C=N–C) groups is 1. The van der Waals surface area contributed by atoms with Crippen molar-refractivity contribution >= 4 is 21.8 Å². The first-order chi connectivity index (χ1) is 11.8. The molecule has 4 rings (SSSR count). The molecule has 0 N–H and O–H groups in total. The molecule has 24 heavy (non-hydrogen) atoms. The number of rotatable bonds is 2. The molecule has 2 aliphatic heterocycles. The molecule has 5 nitrogen and oxygen atoms in total. The molecule has 0 amide bonds. The van der Waals surface area contributed by atoms with Crippen LogP contribution in [0.3, 0.4) is 0 Å². The van der Waals surface area contributed by atoms with Gasteiger partial charge < -0.3 is 4.90 Å². The van der Waals surface area contributed by atoms with E-state index in [0.717, 1.165) is 65.6 Å². The fraction of sp³-hybridized carbons (Fsp3) is 0.389. The summed E-state index contributed by atoms with van der Waals surface area (Å²) in [6.07, 6.45) is 7.50. The molecule has 1 aromatic carbocycles. The molecule has 0 saturated carbocycles. The molecule has 2 aliphatic rings. The van der Waals surface area contributed by atoms with E-state index >= 15 is 0 Å². The van der Waals surface area contributed by atoms with Crippen LogP contribution in [0.1, 0.15) is 37.0 Å². The average molecular weight is 386 g/mol. The minimum Gasteiger partial charge on any atom is -0.352 e. The molecule has 3 heterocycles. The van der Waals surface area contributed by atoms with Crippen LogP contribution in [0.2, 0.25) is 0 Å². The van der Waals surface area contributed by atoms with E-state index in [1.165, 1.54) is 0 Å². The highest BCUT2D eigenvalue weighted by atomic mass is 79.9. The van der Waals surface area contributed by atoms with Gasteiger partial charge in [0.05, 0.1) is 5.69 Å². The van der Waals surface area contributed by atoms with Crippen LogP contribution in [0.4, 0.5) is 0 Å². The Morgan fingerprint density at radius 2 is 2.12 bits per heavy atom. The van der Waals surface area contributed by atoms with Gasteiger partial charge in [-0.25, -0.2) is 0 Å². The quantitative estimate of drug-likeness (QED) is 0.743. The number of amidine groups is 1. The van der Waals surface area contributed by atoms with Crippen LogP contribution in [0.15, 0.2) is 39.8 Å². The lowest BCUT2D eigenvalue weighted by molar-refractivity contribution is 0.453.